The molecule has 0 N–H and O–H groups in total. The minimum absolute atomic E-state index is 0.241. The lowest BCUT2D eigenvalue weighted by Gasteiger charge is -2.21. The van der Waals surface area contributed by atoms with Gasteiger partial charge in [-0.15, -0.1) is 0 Å². The molecule has 0 spiro atoms. The summed E-state index contributed by atoms with van der Waals surface area (Å²) in [6.45, 7) is 20.4. The lowest BCUT2D eigenvalue weighted by Crippen LogP contribution is -2.08. The van der Waals surface area contributed by atoms with Gasteiger partial charge in [-0.1, -0.05) is 58.9 Å². The van der Waals surface area contributed by atoms with Crippen LogP contribution < -0.4 is 0 Å². The van der Waals surface area contributed by atoms with Crippen LogP contribution in [-0.4, -0.2) is 12.3 Å². The van der Waals surface area contributed by atoms with Crippen LogP contribution in [0.5, 0.6) is 0 Å². The van der Waals surface area contributed by atoms with Gasteiger partial charge in [0.2, 0.25) is 0 Å². The normalized spacial score (nSPS) is 13.4. The third-order valence-corrected chi connectivity index (χ3v) is 3.73. The molecular weight excluding hydrogens is 258 g/mol. The Balaban J connectivity index is 3.62. The van der Waals surface area contributed by atoms with Gasteiger partial charge in [0.1, 0.15) is 6.61 Å². The molecule has 2 nitrogen and oxygen atoms in total. The maximum Gasteiger partial charge on any atom is 0.117 e. The predicted octanol–water partition coefficient (Wildman–Crippen LogP) is 6.37. The van der Waals surface area contributed by atoms with Gasteiger partial charge in [-0.05, 0) is 56.3 Å². The topological polar surface area (TPSA) is 21.6 Å². The number of oxime groups is 1. The number of rotatable bonds is 9. The SMILES string of the molecule is C=C(CCCCCO/N=C(\C)CCC(C)(C)C)C(C)(C)C. The van der Waals surface area contributed by atoms with Gasteiger partial charge in [-0.3, -0.25) is 0 Å². The first kappa shape index (κ1) is 20.2. The van der Waals surface area contributed by atoms with Gasteiger partial charge in [-0.2, -0.15) is 0 Å². The van der Waals surface area contributed by atoms with E-state index in [0.29, 0.717) is 5.41 Å². The summed E-state index contributed by atoms with van der Waals surface area (Å²) < 4.78 is 0. The molecule has 0 rings (SSSR count). The fourth-order valence-corrected chi connectivity index (χ4v) is 1.81. The van der Waals surface area contributed by atoms with E-state index in [1.807, 2.05) is 0 Å². The number of hydrogen-bond acceptors (Lipinski definition) is 2. The standard InChI is InChI=1S/C19H37NO/c1-16(19(6,7)8)12-10-9-11-15-21-20-17(2)13-14-18(3,4)5/h1,9-15H2,2-8H3/b20-17+. The molecule has 0 unspecified atom stereocenters. The summed E-state index contributed by atoms with van der Waals surface area (Å²) in [7, 11) is 0. The van der Waals surface area contributed by atoms with Crippen LogP contribution in [0.15, 0.2) is 17.3 Å². The quantitative estimate of drug-likeness (QED) is 0.210. The highest BCUT2D eigenvalue weighted by atomic mass is 16.6. The second kappa shape index (κ2) is 9.27. The van der Waals surface area contributed by atoms with Crippen molar-refractivity contribution >= 4 is 5.71 Å². The smallest absolute Gasteiger partial charge is 0.117 e. The van der Waals surface area contributed by atoms with Crippen molar-refractivity contribution in [2.75, 3.05) is 6.61 Å². The fraction of sp³-hybridized carbons (Fsp3) is 0.842. The molecule has 124 valence electrons. The second-order valence-corrected chi connectivity index (χ2v) is 8.38. The minimum atomic E-state index is 0.241. The van der Waals surface area contributed by atoms with Gasteiger partial charge in [0, 0.05) is 0 Å². The summed E-state index contributed by atoms with van der Waals surface area (Å²) in [5.41, 5.74) is 3.06. The van der Waals surface area contributed by atoms with Crippen LogP contribution in [0.2, 0.25) is 0 Å². The molecule has 0 aromatic rings. The molecule has 0 saturated carbocycles. The highest BCUT2D eigenvalue weighted by Crippen LogP contribution is 2.27. The van der Waals surface area contributed by atoms with Gasteiger partial charge in [-0.25, -0.2) is 0 Å². The maximum absolute atomic E-state index is 5.40. The monoisotopic (exact) mass is 295 g/mol. The summed E-state index contributed by atoms with van der Waals surface area (Å²) >= 11 is 0. The van der Waals surface area contributed by atoms with E-state index in [1.165, 1.54) is 18.4 Å². The van der Waals surface area contributed by atoms with Crippen molar-refractivity contribution in [3.63, 3.8) is 0 Å². The van der Waals surface area contributed by atoms with Crippen molar-refractivity contribution in [3.8, 4) is 0 Å². The van der Waals surface area contributed by atoms with Crippen LogP contribution in [0.3, 0.4) is 0 Å². The minimum Gasteiger partial charge on any atom is -0.396 e. The highest BCUT2D eigenvalue weighted by molar-refractivity contribution is 5.81. The number of nitrogens with zero attached hydrogens (tertiary/aromatic N) is 1. The summed E-state index contributed by atoms with van der Waals surface area (Å²) in [5.74, 6) is 0. The maximum atomic E-state index is 5.40. The first-order valence-corrected chi connectivity index (χ1v) is 8.36. The molecule has 0 bridgehead atoms. The summed E-state index contributed by atoms with van der Waals surface area (Å²) in [4.78, 5) is 5.40. The van der Waals surface area contributed by atoms with E-state index in [4.69, 9.17) is 4.84 Å². The zero-order valence-corrected chi connectivity index (χ0v) is 15.5. The first-order chi connectivity index (χ1) is 9.52. The lowest BCUT2D eigenvalue weighted by molar-refractivity contribution is 0.138. The van der Waals surface area contributed by atoms with Crippen LogP contribution in [0.1, 0.15) is 87.0 Å². The number of allylic oxidation sites excluding steroid dienone is 1. The molecule has 0 heterocycles. The van der Waals surface area contributed by atoms with Gasteiger partial charge in [0.25, 0.3) is 0 Å². The van der Waals surface area contributed by atoms with Crippen molar-refractivity contribution in [2.45, 2.75) is 87.0 Å². The summed E-state index contributed by atoms with van der Waals surface area (Å²) in [6.07, 6.45) is 6.76. The largest absolute Gasteiger partial charge is 0.396 e. The van der Waals surface area contributed by atoms with Gasteiger partial charge in [0.05, 0.1) is 5.71 Å². The molecule has 2 heteroatoms. The number of hydrogen-bond donors (Lipinski definition) is 0. The summed E-state index contributed by atoms with van der Waals surface area (Å²) in [6, 6.07) is 0. The van der Waals surface area contributed by atoms with E-state index < -0.39 is 0 Å². The van der Waals surface area contributed by atoms with Crippen molar-refractivity contribution in [2.24, 2.45) is 16.0 Å². The van der Waals surface area contributed by atoms with Crippen LogP contribution in [0.25, 0.3) is 0 Å². The fourth-order valence-electron chi connectivity index (χ4n) is 1.81. The molecule has 0 radical (unpaired) electrons. The molecule has 0 amide bonds. The molecule has 0 aliphatic rings. The third-order valence-electron chi connectivity index (χ3n) is 3.73. The van der Waals surface area contributed by atoms with Crippen molar-refractivity contribution in [3.05, 3.63) is 12.2 Å². The van der Waals surface area contributed by atoms with E-state index in [9.17, 15) is 0 Å². The van der Waals surface area contributed by atoms with Crippen molar-refractivity contribution in [1.29, 1.82) is 0 Å². The first-order valence-electron chi connectivity index (χ1n) is 8.36. The zero-order chi connectivity index (χ0) is 16.5. The van der Waals surface area contributed by atoms with Crippen LogP contribution in [0.4, 0.5) is 0 Å². The molecule has 0 aliphatic carbocycles. The van der Waals surface area contributed by atoms with Crippen LogP contribution >= 0.6 is 0 Å². The van der Waals surface area contributed by atoms with Crippen molar-refractivity contribution < 1.29 is 4.84 Å². The average molecular weight is 296 g/mol. The van der Waals surface area contributed by atoms with Gasteiger partial charge in [0.15, 0.2) is 0 Å². The molecule has 0 saturated heterocycles. The molecule has 0 atom stereocenters. The Bertz CT molecular complexity index is 328. The van der Waals surface area contributed by atoms with Gasteiger partial charge >= 0.3 is 0 Å². The lowest BCUT2D eigenvalue weighted by atomic mass is 9.84. The van der Waals surface area contributed by atoms with E-state index >= 15 is 0 Å². The summed E-state index contributed by atoms with van der Waals surface area (Å²) in [5, 5.41) is 4.20. The van der Waals surface area contributed by atoms with Crippen molar-refractivity contribution in [1.82, 2.24) is 0 Å². The molecule has 0 aromatic carbocycles. The van der Waals surface area contributed by atoms with Crippen LogP contribution in [0, 0.1) is 10.8 Å². The molecule has 0 aromatic heterocycles. The molecule has 0 fully saturated rings. The predicted molar refractivity (Wildman–Crippen MR) is 94.8 cm³/mol. The Morgan fingerprint density at radius 3 is 2.10 bits per heavy atom. The zero-order valence-electron chi connectivity index (χ0n) is 15.5. The number of unbranched alkanes of at least 4 members (excludes halogenated alkanes) is 2. The Morgan fingerprint density at radius 1 is 0.952 bits per heavy atom. The molecule has 21 heavy (non-hydrogen) atoms. The van der Waals surface area contributed by atoms with E-state index in [-0.39, 0.29) is 5.41 Å². The van der Waals surface area contributed by atoms with E-state index in [1.54, 1.807) is 0 Å². The Kier molecular flexibility index (Phi) is 8.92. The third kappa shape index (κ3) is 12.6. The highest BCUT2D eigenvalue weighted by Gasteiger charge is 2.13. The Labute approximate surface area is 133 Å². The van der Waals surface area contributed by atoms with E-state index in [0.717, 1.165) is 38.0 Å². The van der Waals surface area contributed by atoms with Gasteiger partial charge < -0.3 is 4.84 Å². The Hall–Kier alpha value is -0.790. The molecular formula is C19H37NO. The van der Waals surface area contributed by atoms with E-state index in [2.05, 4.69) is 60.2 Å². The molecule has 0 aliphatic heterocycles. The second-order valence-electron chi connectivity index (χ2n) is 8.38. The Morgan fingerprint density at radius 2 is 1.57 bits per heavy atom. The van der Waals surface area contributed by atoms with Crippen LogP contribution in [-0.2, 0) is 4.84 Å². The average Bonchev–Trinajstić information content (AvgIpc) is 2.32.